The quantitative estimate of drug-likeness (QED) is 0.225. The summed E-state index contributed by atoms with van der Waals surface area (Å²) < 4.78 is -1.54. The van der Waals surface area contributed by atoms with E-state index in [1.54, 1.807) is 6.92 Å². The van der Waals surface area contributed by atoms with E-state index in [0.29, 0.717) is 11.0 Å². The Kier molecular flexibility index (Phi) is 3.61. The molecule has 0 amide bonds. The van der Waals surface area contributed by atoms with E-state index in [1.807, 2.05) is 0 Å². The first-order valence-corrected chi connectivity index (χ1v) is 4.22. The highest BCUT2D eigenvalue weighted by molar-refractivity contribution is 8.22. The summed E-state index contributed by atoms with van der Waals surface area (Å²) in [7, 11) is 5.67. The van der Waals surface area contributed by atoms with E-state index < -0.39 is 9.25 Å². The number of hydrogen-bond acceptors (Lipinski definition) is 3. The van der Waals surface area contributed by atoms with Gasteiger partial charge in [0, 0.05) is 17.4 Å². The number of nitrogens with zero attached hydrogens (tertiary/aromatic N) is 1. The molecule has 9 heavy (non-hydrogen) atoms. The third kappa shape index (κ3) is 2.20. The van der Waals surface area contributed by atoms with Crippen LogP contribution in [0.25, 0.3) is 0 Å². The van der Waals surface area contributed by atoms with Crippen LogP contribution >= 0.6 is 33.3 Å². The van der Waals surface area contributed by atoms with E-state index >= 15 is 0 Å². The molecule has 0 fully saturated rings. The second-order valence-electron chi connectivity index (χ2n) is 1.38. The normalized spacial score (nSPS) is 16.8. The van der Waals surface area contributed by atoms with E-state index in [1.165, 1.54) is 0 Å². The van der Waals surface area contributed by atoms with Crippen molar-refractivity contribution in [2.24, 2.45) is 0 Å². The Bertz CT molecular complexity index is 116. The summed E-state index contributed by atoms with van der Waals surface area (Å²) in [6.07, 6.45) is 0.204. The lowest BCUT2D eigenvalue weighted by molar-refractivity contribution is -0.512. The van der Waals surface area contributed by atoms with Crippen LogP contribution in [0.2, 0.25) is 0 Å². The van der Waals surface area contributed by atoms with E-state index in [4.69, 9.17) is 22.3 Å². The van der Waals surface area contributed by atoms with E-state index in [0.717, 1.165) is 0 Å². The average Bonchev–Trinajstić information content (AvgIpc) is 1.86. The minimum absolute atomic E-state index is 0.204. The van der Waals surface area contributed by atoms with Gasteiger partial charge in [0.25, 0.3) is 0 Å². The van der Waals surface area contributed by atoms with Crippen molar-refractivity contribution in [2.75, 3.05) is 0 Å². The van der Waals surface area contributed by atoms with E-state index in [-0.39, 0.29) is 6.42 Å². The maximum Gasteiger partial charge on any atom is 0.354 e. The molecule has 1 atom stereocenters. The van der Waals surface area contributed by atoms with Gasteiger partial charge in [-0.25, -0.2) is 0 Å². The van der Waals surface area contributed by atoms with Gasteiger partial charge in [0.2, 0.25) is 0 Å². The van der Waals surface area contributed by atoms with E-state index in [9.17, 15) is 10.1 Å². The van der Waals surface area contributed by atoms with Crippen LogP contribution in [0, 0.1) is 10.1 Å². The molecule has 0 radical (unpaired) electrons. The van der Waals surface area contributed by atoms with Crippen molar-refractivity contribution in [2.45, 2.75) is 17.7 Å². The van der Waals surface area contributed by atoms with Crippen molar-refractivity contribution < 1.29 is 4.92 Å². The van der Waals surface area contributed by atoms with Gasteiger partial charge >= 0.3 is 4.33 Å². The molecule has 0 aromatic carbocycles. The predicted molar refractivity (Wildman–Crippen MR) is 39.3 cm³/mol. The fraction of sp³-hybridized carbons (Fsp3) is 1.00. The standard InChI is InChI=1S/C3H5Cl2NO2S/c1-2-3(4,9-5)6(7)8/h2H2,1H3. The minimum Gasteiger partial charge on any atom is -0.262 e. The molecule has 0 saturated carbocycles. The van der Waals surface area contributed by atoms with Crippen molar-refractivity contribution >= 4 is 33.3 Å². The maximum atomic E-state index is 10.1. The van der Waals surface area contributed by atoms with Crippen LogP contribution in [0.15, 0.2) is 0 Å². The van der Waals surface area contributed by atoms with Gasteiger partial charge in [-0.2, -0.15) is 0 Å². The Labute approximate surface area is 66.4 Å². The summed E-state index contributed by atoms with van der Waals surface area (Å²) in [6.45, 7) is 1.60. The summed E-state index contributed by atoms with van der Waals surface area (Å²) in [5, 5.41) is 10.1. The van der Waals surface area contributed by atoms with Gasteiger partial charge in [0.1, 0.15) is 0 Å². The van der Waals surface area contributed by atoms with Crippen LogP contribution in [0.3, 0.4) is 0 Å². The molecule has 0 bridgehead atoms. The highest BCUT2D eigenvalue weighted by atomic mass is 35.7. The molecule has 3 nitrogen and oxygen atoms in total. The van der Waals surface area contributed by atoms with Gasteiger partial charge in [-0.15, -0.1) is 0 Å². The highest BCUT2D eigenvalue weighted by Gasteiger charge is 2.38. The lowest BCUT2D eigenvalue weighted by atomic mass is 10.5. The first kappa shape index (κ1) is 9.33. The molecule has 0 saturated heterocycles. The maximum absolute atomic E-state index is 10.1. The molecular formula is C3H5Cl2NO2S. The summed E-state index contributed by atoms with van der Waals surface area (Å²) >= 11 is 5.37. The fourth-order valence-electron chi connectivity index (χ4n) is 0.212. The SMILES string of the molecule is CCC(Cl)(SCl)[N+](=O)[O-]. The topological polar surface area (TPSA) is 43.1 Å². The van der Waals surface area contributed by atoms with Gasteiger partial charge in [-0.1, -0.05) is 6.92 Å². The predicted octanol–water partition coefficient (Wildman–Crippen LogP) is 2.45. The number of rotatable bonds is 3. The zero-order valence-electron chi connectivity index (χ0n) is 4.63. The fourth-order valence-corrected chi connectivity index (χ4v) is 0.874. The average molecular weight is 190 g/mol. The van der Waals surface area contributed by atoms with Crippen LogP contribution < -0.4 is 0 Å². The summed E-state index contributed by atoms with van der Waals surface area (Å²) in [5.41, 5.74) is 0. The first-order chi connectivity index (χ1) is 4.06. The number of alkyl halides is 1. The molecule has 0 N–H and O–H groups in total. The molecule has 0 rings (SSSR count). The van der Waals surface area contributed by atoms with Gasteiger partial charge < -0.3 is 0 Å². The monoisotopic (exact) mass is 189 g/mol. The Balaban J connectivity index is 4.09. The first-order valence-electron chi connectivity index (χ1n) is 2.20. The molecule has 0 aliphatic heterocycles. The van der Waals surface area contributed by atoms with E-state index in [2.05, 4.69) is 0 Å². The molecule has 0 spiro atoms. The minimum atomic E-state index is -1.54. The Morgan fingerprint density at radius 2 is 2.33 bits per heavy atom. The largest absolute Gasteiger partial charge is 0.354 e. The Hall–Kier alpha value is 0.330. The van der Waals surface area contributed by atoms with Gasteiger partial charge in [-0.05, 0) is 22.3 Å². The summed E-state index contributed by atoms with van der Waals surface area (Å²) in [5.74, 6) is 0. The van der Waals surface area contributed by atoms with Gasteiger partial charge in [0.15, 0.2) is 0 Å². The number of hydrogen-bond donors (Lipinski definition) is 0. The Morgan fingerprint density at radius 1 is 1.89 bits per heavy atom. The molecule has 6 heteroatoms. The summed E-state index contributed by atoms with van der Waals surface area (Å²) in [4.78, 5) is 9.45. The lowest BCUT2D eigenvalue weighted by Crippen LogP contribution is -2.24. The zero-order chi connectivity index (χ0) is 7.49. The van der Waals surface area contributed by atoms with Crippen molar-refractivity contribution in [1.29, 1.82) is 0 Å². The number of halogens is 2. The highest BCUT2D eigenvalue weighted by Crippen LogP contribution is 2.36. The van der Waals surface area contributed by atoms with Crippen LogP contribution in [-0.2, 0) is 0 Å². The molecule has 54 valence electrons. The second kappa shape index (κ2) is 3.49. The molecular weight excluding hydrogens is 185 g/mol. The van der Waals surface area contributed by atoms with Crippen LogP contribution in [0.4, 0.5) is 0 Å². The van der Waals surface area contributed by atoms with Crippen molar-refractivity contribution in [3.05, 3.63) is 10.1 Å². The zero-order valence-corrected chi connectivity index (χ0v) is 6.96. The van der Waals surface area contributed by atoms with Crippen molar-refractivity contribution in [3.8, 4) is 0 Å². The Morgan fingerprint density at radius 3 is 2.33 bits per heavy atom. The molecule has 0 heterocycles. The van der Waals surface area contributed by atoms with Crippen molar-refractivity contribution in [1.82, 2.24) is 0 Å². The molecule has 0 aromatic rings. The van der Waals surface area contributed by atoms with Crippen LogP contribution in [-0.4, -0.2) is 9.25 Å². The smallest absolute Gasteiger partial charge is 0.262 e. The third-order valence-corrected chi connectivity index (χ3v) is 3.14. The van der Waals surface area contributed by atoms with Crippen LogP contribution in [0.5, 0.6) is 0 Å². The third-order valence-electron chi connectivity index (χ3n) is 0.827. The van der Waals surface area contributed by atoms with Crippen LogP contribution in [0.1, 0.15) is 13.3 Å². The van der Waals surface area contributed by atoms with Crippen molar-refractivity contribution in [3.63, 3.8) is 0 Å². The molecule has 1 unspecified atom stereocenters. The molecule has 0 aliphatic rings. The van der Waals surface area contributed by atoms with Gasteiger partial charge in [-0.3, -0.25) is 10.1 Å². The van der Waals surface area contributed by atoms with Gasteiger partial charge in [0.05, 0.1) is 4.92 Å². The lowest BCUT2D eigenvalue weighted by Gasteiger charge is -2.09. The number of nitro groups is 1. The molecule has 0 aromatic heterocycles. The summed E-state index contributed by atoms with van der Waals surface area (Å²) in [6, 6.07) is 0. The molecule has 0 aliphatic carbocycles. The second-order valence-corrected chi connectivity index (χ2v) is 3.52.